The molecule has 0 saturated carbocycles. The zero-order valence-electron chi connectivity index (χ0n) is 19.3. The van der Waals surface area contributed by atoms with E-state index < -0.39 is 12.1 Å². The molecule has 0 spiro atoms. The van der Waals surface area contributed by atoms with Gasteiger partial charge in [-0.1, -0.05) is 24.6 Å². The van der Waals surface area contributed by atoms with Crippen LogP contribution in [-0.4, -0.2) is 60.3 Å². The molecule has 1 fully saturated rings. The summed E-state index contributed by atoms with van der Waals surface area (Å²) in [5.41, 5.74) is 7.45. The number of unbranched alkanes of at least 4 members (excludes halogenated alkanes) is 1. The number of amides is 4. The third-order valence-electron chi connectivity index (χ3n) is 5.88. The largest absolute Gasteiger partial charge is 0.361 e. The van der Waals surface area contributed by atoms with Crippen molar-refractivity contribution >= 4 is 34.5 Å². The van der Waals surface area contributed by atoms with Crippen molar-refractivity contribution in [2.24, 2.45) is 5.73 Å². The van der Waals surface area contributed by atoms with Gasteiger partial charge in [-0.05, 0) is 31.0 Å². The van der Waals surface area contributed by atoms with Crippen LogP contribution in [0.4, 0.5) is 0 Å². The van der Waals surface area contributed by atoms with Gasteiger partial charge in [0.05, 0.1) is 0 Å². The summed E-state index contributed by atoms with van der Waals surface area (Å²) in [5.74, 6) is -1.16. The van der Waals surface area contributed by atoms with Crippen LogP contribution in [0, 0.1) is 0 Å². The Hall–Kier alpha value is -3.40. The standard InChI is InChI=1S/C24H34N6O4/c25-10-4-3-5-17-14-23(33)27-11-8-21(31)26-12-9-22(32)30-20(24(34)29-17)13-16-15-28-19-7-2-1-6-18(16)19/h1-2,6-7,15,17,20,28H,3-5,8-14,25H2,(H,26,31)(H,27,33)(H,29,34)(H,30,32). The molecule has 0 bridgehead atoms. The summed E-state index contributed by atoms with van der Waals surface area (Å²) in [6.07, 6.45) is 4.52. The number of H-pyrrole nitrogens is 1. The zero-order valence-corrected chi connectivity index (χ0v) is 19.3. The molecule has 2 atom stereocenters. The predicted molar refractivity (Wildman–Crippen MR) is 129 cm³/mol. The van der Waals surface area contributed by atoms with Gasteiger partial charge in [-0.2, -0.15) is 0 Å². The van der Waals surface area contributed by atoms with Crippen molar-refractivity contribution < 1.29 is 19.2 Å². The van der Waals surface area contributed by atoms with Crippen molar-refractivity contribution in [3.63, 3.8) is 0 Å². The first-order valence-electron chi connectivity index (χ1n) is 11.8. The number of hydrogen-bond donors (Lipinski definition) is 6. The van der Waals surface area contributed by atoms with E-state index in [1.807, 2.05) is 30.5 Å². The number of aromatic amines is 1. The summed E-state index contributed by atoms with van der Waals surface area (Å²) in [6.45, 7) is 0.881. The monoisotopic (exact) mass is 470 g/mol. The van der Waals surface area contributed by atoms with E-state index in [-0.39, 0.29) is 62.4 Å². The lowest BCUT2D eigenvalue weighted by Gasteiger charge is -2.23. The second-order valence-electron chi connectivity index (χ2n) is 8.58. The number of para-hydroxylation sites is 1. The van der Waals surface area contributed by atoms with Gasteiger partial charge in [0.2, 0.25) is 23.6 Å². The Morgan fingerprint density at radius 2 is 1.62 bits per heavy atom. The summed E-state index contributed by atoms with van der Waals surface area (Å²) < 4.78 is 0. The molecule has 184 valence electrons. The van der Waals surface area contributed by atoms with Crippen molar-refractivity contribution in [2.45, 2.75) is 57.0 Å². The van der Waals surface area contributed by atoms with Crippen LogP contribution in [-0.2, 0) is 25.6 Å². The smallest absolute Gasteiger partial charge is 0.243 e. The Morgan fingerprint density at radius 3 is 2.41 bits per heavy atom. The molecule has 4 amide bonds. The molecule has 34 heavy (non-hydrogen) atoms. The number of nitrogens with two attached hydrogens (primary N) is 1. The minimum atomic E-state index is -0.826. The zero-order chi connectivity index (χ0) is 24.3. The molecule has 3 rings (SSSR count). The first kappa shape index (κ1) is 25.2. The minimum absolute atomic E-state index is 0.0513. The molecule has 2 aromatic rings. The van der Waals surface area contributed by atoms with Crippen LogP contribution in [0.25, 0.3) is 10.9 Å². The van der Waals surface area contributed by atoms with E-state index in [1.54, 1.807) is 0 Å². The molecule has 2 heterocycles. The lowest BCUT2D eigenvalue weighted by Crippen LogP contribution is -2.51. The number of rotatable bonds is 6. The van der Waals surface area contributed by atoms with Gasteiger partial charge in [-0.25, -0.2) is 0 Å². The van der Waals surface area contributed by atoms with Gasteiger partial charge in [0.25, 0.3) is 0 Å². The van der Waals surface area contributed by atoms with Crippen molar-refractivity contribution in [1.29, 1.82) is 0 Å². The summed E-state index contributed by atoms with van der Waals surface area (Å²) in [6, 6.07) is 6.52. The van der Waals surface area contributed by atoms with E-state index in [4.69, 9.17) is 5.73 Å². The maximum absolute atomic E-state index is 13.3. The van der Waals surface area contributed by atoms with Crippen LogP contribution in [0.2, 0.25) is 0 Å². The molecule has 1 aromatic heterocycles. The first-order valence-corrected chi connectivity index (χ1v) is 11.8. The van der Waals surface area contributed by atoms with Crippen molar-refractivity contribution in [3.05, 3.63) is 36.0 Å². The quantitative estimate of drug-likeness (QED) is 0.333. The van der Waals surface area contributed by atoms with Crippen molar-refractivity contribution in [3.8, 4) is 0 Å². The summed E-state index contributed by atoms with van der Waals surface area (Å²) in [4.78, 5) is 53.5. The van der Waals surface area contributed by atoms with E-state index in [0.29, 0.717) is 13.0 Å². The fraction of sp³-hybridized carbons (Fsp3) is 0.500. The average molecular weight is 471 g/mol. The van der Waals surface area contributed by atoms with Gasteiger partial charge in [-0.15, -0.1) is 0 Å². The molecule has 1 aromatic carbocycles. The number of fused-ring (bicyclic) bond motifs is 1. The molecule has 1 aliphatic rings. The van der Waals surface area contributed by atoms with Crippen LogP contribution in [0.15, 0.2) is 30.5 Å². The Kier molecular flexibility index (Phi) is 9.45. The molecule has 10 heteroatoms. The van der Waals surface area contributed by atoms with E-state index in [9.17, 15) is 19.2 Å². The van der Waals surface area contributed by atoms with Gasteiger partial charge in [0.15, 0.2) is 0 Å². The number of carbonyl (C=O) groups is 4. The maximum atomic E-state index is 13.3. The Morgan fingerprint density at radius 1 is 0.882 bits per heavy atom. The highest BCUT2D eigenvalue weighted by atomic mass is 16.2. The molecule has 0 radical (unpaired) electrons. The molecule has 1 aliphatic heterocycles. The highest BCUT2D eigenvalue weighted by Gasteiger charge is 2.26. The van der Waals surface area contributed by atoms with Crippen LogP contribution >= 0.6 is 0 Å². The third-order valence-corrected chi connectivity index (χ3v) is 5.88. The van der Waals surface area contributed by atoms with Crippen molar-refractivity contribution in [2.75, 3.05) is 19.6 Å². The highest BCUT2D eigenvalue weighted by molar-refractivity contribution is 5.90. The van der Waals surface area contributed by atoms with E-state index in [2.05, 4.69) is 26.3 Å². The topological polar surface area (TPSA) is 158 Å². The van der Waals surface area contributed by atoms with Gasteiger partial charge >= 0.3 is 0 Å². The number of hydrogen-bond acceptors (Lipinski definition) is 5. The molecule has 10 nitrogen and oxygen atoms in total. The molecule has 7 N–H and O–H groups in total. The molecular formula is C24H34N6O4. The third kappa shape index (κ3) is 7.58. The predicted octanol–water partition coefficient (Wildman–Crippen LogP) is 0.225. The second kappa shape index (κ2) is 12.7. The van der Waals surface area contributed by atoms with Crippen LogP contribution in [0.1, 0.15) is 44.1 Å². The Labute approximate surface area is 198 Å². The van der Waals surface area contributed by atoms with E-state index >= 15 is 0 Å². The normalized spacial score (nSPS) is 21.1. The van der Waals surface area contributed by atoms with Crippen LogP contribution in [0.5, 0.6) is 0 Å². The molecular weight excluding hydrogens is 436 g/mol. The Bertz CT molecular complexity index is 1000. The van der Waals surface area contributed by atoms with Gasteiger partial charge < -0.3 is 32.0 Å². The lowest BCUT2D eigenvalue weighted by atomic mass is 10.0. The number of carbonyl (C=O) groups excluding carboxylic acids is 4. The molecule has 0 aliphatic carbocycles. The second-order valence-corrected chi connectivity index (χ2v) is 8.58. The average Bonchev–Trinajstić information content (AvgIpc) is 3.21. The number of aromatic nitrogens is 1. The molecule has 1 saturated heterocycles. The fourth-order valence-electron chi connectivity index (χ4n) is 4.07. The van der Waals surface area contributed by atoms with Gasteiger partial charge in [0.1, 0.15) is 6.04 Å². The van der Waals surface area contributed by atoms with Gasteiger partial charge in [0, 0.05) is 61.9 Å². The highest BCUT2D eigenvalue weighted by Crippen LogP contribution is 2.19. The SMILES string of the molecule is NCCCCC1CC(=O)NCCC(=O)NCCC(=O)NC(Cc2c[nH]c3ccccc23)C(=O)N1. The molecule has 2 unspecified atom stereocenters. The number of benzene rings is 1. The summed E-state index contributed by atoms with van der Waals surface area (Å²) in [7, 11) is 0. The van der Waals surface area contributed by atoms with E-state index in [0.717, 1.165) is 29.3 Å². The van der Waals surface area contributed by atoms with Crippen LogP contribution < -0.4 is 27.0 Å². The minimum Gasteiger partial charge on any atom is -0.361 e. The van der Waals surface area contributed by atoms with Crippen molar-refractivity contribution in [1.82, 2.24) is 26.3 Å². The van der Waals surface area contributed by atoms with Gasteiger partial charge in [-0.3, -0.25) is 19.2 Å². The fourth-order valence-corrected chi connectivity index (χ4v) is 4.07. The summed E-state index contributed by atoms with van der Waals surface area (Å²) in [5, 5.41) is 12.2. The lowest BCUT2D eigenvalue weighted by molar-refractivity contribution is -0.130. The van der Waals surface area contributed by atoms with Crippen LogP contribution in [0.3, 0.4) is 0 Å². The number of nitrogens with one attached hydrogen (secondary N) is 5. The first-order chi connectivity index (χ1) is 16.5. The Balaban J connectivity index is 1.80. The van der Waals surface area contributed by atoms with E-state index in [1.165, 1.54) is 0 Å². The summed E-state index contributed by atoms with van der Waals surface area (Å²) >= 11 is 0. The maximum Gasteiger partial charge on any atom is 0.243 e.